The zero-order valence-electron chi connectivity index (χ0n) is 10.7. The minimum atomic E-state index is 0.528. The van der Waals surface area contributed by atoms with E-state index in [1.807, 2.05) is 12.1 Å². The van der Waals surface area contributed by atoms with Crippen LogP contribution in [0.4, 0.5) is 5.82 Å². The Morgan fingerprint density at radius 1 is 1.32 bits per heavy atom. The van der Waals surface area contributed by atoms with Gasteiger partial charge in [0.25, 0.3) is 0 Å². The van der Waals surface area contributed by atoms with Crippen molar-refractivity contribution in [2.75, 3.05) is 11.9 Å². The maximum atomic E-state index is 5.86. The highest BCUT2D eigenvalue weighted by Gasteiger charge is 2.06. The lowest BCUT2D eigenvalue weighted by Crippen LogP contribution is -2.07. The number of nitrogens with zero attached hydrogens (tertiary/aromatic N) is 1. The van der Waals surface area contributed by atoms with Crippen LogP contribution in [0, 0.1) is 0 Å². The summed E-state index contributed by atoms with van der Waals surface area (Å²) in [5.41, 5.74) is 1.37. The number of anilines is 1. The fraction of sp³-hybridized carbons (Fsp3) is 0.267. The maximum Gasteiger partial charge on any atom is 0.140 e. The second kappa shape index (κ2) is 6.92. The molecular formula is C15H16BrClN2. The van der Waals surface area contributed by atoms with E-state index in [4.69, 9.17) is 11.6 Å². The lowest BCUT2D eigenvalue weighted by Gasteiger charge is -2.13. The molecule has 1 aromatic heterocycles. The molecule has 1 N–H and O–H groups in total. The highest BCUT2D eigenvalue weighted by Crippen LogP contribution is 2.24. The second-order valence-electron chi connectivity index (χ2n) is 4.51. The Labute approximate surface area is 127 Å². The van der Waals surface area contributed by atoms with Crippen LogP contribution >= 0.6 is 27.5 Å². The number of hydrogen-bond acceptors (Lipinski definition) is 2. The summed E-state index contributed by atoms with van der Waals surface area (Å²) in [5, 5.41) is 3.96. The van der Waals surface area contributed by atoms with Crippen molar-refractivity contribution in [1.29, 1.82) is 0 Å². The van der Waals surface area contributed by atoms with Crippen molar-refractivity contribution in [2.45, 2.75) is 19.3 Å². The van der Waals surface area contributed by atoms with E-state index in [1.165, 1.54) is 5.56 Å². The molecule has 0 aliphatic carbocycles. The van der Waals surface area contributed by atoms with Gasteiger partial charge in [-0.15, -0.1) is 0 Å². The Balaban J connectivity index is 1.86. The number of aromatic nitrogens is 1. The Hall–Kier alpha value is -1.06. The molecule has 4 heteroatoms. The standard InChI is InChI=1S/C15H16BrClN2/c1-11(12-5-3-2-4-6-12)7-8-18-15-14(16)9-13(17)10-19-15/h2-6,9-11H,7-8H2,1H3,(H,18,19). The van der Waals surface area contributed by atoms with Crippen LogP contribution in [0.25, 0.3) is 0 Å². The molecule has 19 heavy (non-hydrogen) atoms. The molecule has 2 rings (SSSR count). The fourth-order valence-corrected chi connectivity index (χ4v) is 2.68. The number of nitrogens with one attached hydrogen (secondary N) is 1. The summed E-state index contributed by atoms with van der Waals surface area (Å²) in [7, 11) is 0. The fourth-order valence-electron chi connectivity index (χ4n) is 1.90. The van der Waals surface area contributed by atoms with Crippen molar-refractivity contribution >= 4 is 33.3 Å². The second-order valence-corrected chi connectivity index (χ2v) is 5.80. The summed E-state index contributed by atoms with van der Waals surface area (Å²) in [4.78, 5) is 4.26. The van der Waals surface area contributed by atoms with Gasteiger partial charge in [-0.3, -0.25) is 0 Å². The molecular weight excluding hydrogens is 324 g/mol. The first-order valence-electron chi connectivity index (χ1n) is 6.26. The molecule has 2 nitrogen and oxygen atoms in total. The molecule has 0 saturated carbocycles. The van der Waals surface area contributed by atoms with E-state index < -0.39 is 0 Å². The maximum absolute atomic E-state index is 5.86. The van der Waals surface area contributed by atoms with Gasteiger partial charge in [-0.25, -0.2) is 4.98 Å². The van der Waals surface area contributed by atoms with Crippen LogP contribution in [-0.2, 0) is 0 Å². The first kappa shape index (κ1) is 14.4. The van der Waals surface area contributed by atoms with Gasteiger partial charge in [0.05, 0.1) is 9.50 Å². The van der Waals surface area contributed by atoms with Crippen LogP contribution in [-0.4, -0.2) is 11.5 Å². The Morgan fingerprint density at radius 3 is 2.74 bits per heavy atom. The van der Waals surface area contributed by atoms with Crippen LogP contribution in [0.2, 0.25) is 5.02 Å². The normalized spacial score (nSPS) is 12.2. The van der Waals surface area contributed by atoms with E-state index in [2.05, 4.69) is 57.4 Å². The first-order valence-corrected chi connectivity index (χ1v) is 7.44. The van der Waals surface area contributed by atoms with E-state index in [9.17, 15) is 0 Å². The molecule has 0 amide bonds. The lowest BCUT2D eigenvalue weighted by atomic mass is 9.98. The highest BCUT2D eigenvalue weighted by molar-refractivity contribution is 9.10. The van der Waals surface area contributed by atoms with Crippen LogP contribution in [0.1, 0.15) is 24.8 Å². The molecule has 1 atom stereocenters. The van der Waals surface area contributed by atoms with Crippen LogP contribution in [0.5, 0.6) is 0 Å². The minimum Gasteiger partial charge on any atom is -0.369 e. The Kier molecular flexibility index (Phi) is 5.23. The van der Waals surface area contributed by atoms with Gasteiger partial charge in [0.1, 0.15) is 5.82 Å². The summed E-state index contributed by atoms with van der Waals surface area (Å²) in [5.74, 6) is 1.37. The topological polar surface area (TPSA) is 24.9 Å². The average molecular weight is 340 g/mol. The van der Waals surface area contributed by atoms with Crippen molar-refractivity contribution in [3.63, 3.8) is 0 Å². The lowest BCUT2D eigenvalue weighted by molar-refractivity contribution is 0.704. The number of benzene rings is 1. The summed E-state index contributed by atoms with van der Waals surface area (Å²) in [6, 6.07) is 12.4. The number of rotatable bonds is 5. The number of hydrogen-bond donors (Lipinski definition) is 1. The van der Waals surface area contributed by atoms with Gasteiger partial charge in [-0.2, -0.15) is 0 Å². The largest absolute Gasteiger partial charge is 0.369 e. The SMILES string of the molecule is CC(CCNc1ncc(Cl)cc1Br)c1ccccc1. The third-order valence-corrected chi connectivity index (χ3v) is 3.86. The molecule has 100 valence electrons. The molecule has 1 unspecified atom stereocenters. The van der Waals surface area contributed by atoms with Crippen molar-refractivity contribution in [2.24, 2.45) is 0 Å². The predicted molar refractivity (Wildman–Crippen MR) is 84.9 cm³/mol. The zero-order chi connectivity index (χ0) is 13.7. The molecule has 0 fully saturated rings. The van der Waals surface area contributed by atoms with Gasteiger partial charge >= 0.3 is 0 Å². The predicted octanol–water partition coefficient (Wildman–Crippen LogP) is 5.10. The number of pyridine rings is 1. The molecule has 1 aromatic carbocycles. The smallest absolute Gasteiger partial charge is 0.140 e. The monoisotopic (exact) mass is 338 g/mol. The first-order chi connectivity index (χ1) is 9.16. The zero-order valence-corrected chi connectivity index (χ0v) is 13.1. The van der Waals surface area contributed by atoms with Gasteiger partial charge in [-0.05, 0) is 39.9 Å². The quantitative estimate of drug-likeness (QED) is 0.819. The highest BCUT2D eigenvalue weighted by atomic mass is 79.9. The van der Waals surface area contributed by atoms with E-state index >= 15 is 0 Å². The van der Waals surface area contributed by atoms with Crippen LogP contribution in [0.15, 0.2) is 47.1 Å². The molecule has 0 saturated heterocycles. The van der Waals surface area contributed by atoms with Gasteiger partial charge in [0.15, 0.2) is 0 Å². The Bertz CT molecular complexity index is 531. The molecule has 0 radical (unpaired) electrons. The third kappa shape index (κ3) is 4.22. The van der Waals surface area contributed by atoms with Crippen molar-refractivity contribution in [3.8, 4) is 0 Å². The molecule has 0 bridgehead atoms. The van der Waals surface area contributed by atoms with E-state index in [0.717, 1.165) is 23.3 Å². The van der Waals surface area contributed by atoms with E-state index in [-0.39, 0.29) is 0 Å². The van der Waals surface area contributed by atoms with E-state index in [1.54, 1.807) is 6.20 Å². The number of halogens is 2. The molecule has 0 aliphatic rings. The average Bonchev–Trinajstić information content (AvgIpc) is 2.42. The summed E-state index contributed by atoms with van der Waals surface area (Å²) < 4.78 is 0.896. The summed E-state index contributed by atoms with van der Waals surface area (Å²) in [6.45, 7) is 3.12. The van der Waals surface area contributed by atoms with Crippen molar-refractivity contribution in [3.05, 3.63) is 57.7 Å². The summed E-state index contributed by atoms with van der Waals surface area (Å²) >= 11 is 9.31. The molecule has 0 aliphatic heterocycles. The summed E-state index contributed by atoms with van der Waals surface area (Å²) in [6.07, 6.45) is 2.70. The Morgan fingerprint density at radius 2 is 2.05 bits per heavy atom. The third-order valence-electron chi connectivity index (χ3n) is 3.05. The molecule has 1 heterocycles. The van der Waals surface area contributed by atoms with E-state index in [0.29, 0.717) is 10.9 Å². The van der Waals surface area contributed by atoms with Crippen molar-refractivity contribution < 1.29 is 0 Å². The minimum absolute atomic E-state index is 0.528. The van der Waals surface area contributed by atoms with Crippen LogP contribution < -0.4 is 5.32 Å². The van der Waals surface area contributed by atoms with Crippen LogP contribution in [0.3, 0.4) is 0 Å². The van der Waals surface area contributed by atoms with Gasteiger partial charge in [0.2, 0.25) is 0 Å². The van der Waals surface area contributed by atoms with Gasteiger partial charge in [0, 0.05) is 12.7 Å². The van der Waals surface area contributed by atoms with Gasteiger partial charge < -0.3 is 5.32 Å². The molecule has 0 spiro atoms. The van der Waals surface area contributed by atoms with Gasteiger partial charge in [-0.1, -0.05) is 48.9 Å². The molecule has 2 aromatic rings. The van der Waals surface area contributed by atoms with Crippen molar-refractivity contribution in [1.82, 2.24) is 4.98 Å².